The number of anilines is 2. The number of carbonyl (C=O) groups excluding carboxylic acids is 1. The van der Waals surface area contributed by atoms with E-state index in [2.05, 4.69) is 26.9 Å². The second kappa shape index (κ2) is 10.3. The molecule has 1 aromatic carbocycles. The van der Waals surface area contributed by atoms with Crippen molar-refractivity contribution < 1.29 is 18.3 Å². The highest BCUT2D eigenvalue weighted by Gasteiger charge is 2.35. The first-order chi connectivity index (χ1) is 18.8. The highest BCUT2D eigenvalue weighted by molar-refractivity contribution is 5.78. The summed E-state index contributed by atoms with van der Waals surface area (Å²) in [5, 5.41) is 12.1. The van der Waals surface area contributed by atoms with E-state index in [0.717, 1.165) is 54.0 Å². The van der Waals surface area contributed by atoms with Gasteiger partial charge in [-0.15, -0.1) is 0 Å². The third-order valence-corrected chi connectivity index (χ3v) is 8.25. The molecule has 1 saturated heterocycles. The molecule has 0 saturated carbocycles. The molecule has 6 rings (SSSR count). The molecule has 2 amide bonds. The zero-order valence-electron chi connectivity index (χ0n) is 22.7. The molecule has 2 aromatic heterocycles. The number of amides is 2. The van der Waals surface area contributed by atoms with Gasteiger partial charge in [-0.1, -0.05) is 0 Å². The fourth-order valence-electron chi connectivity index (χ4n) is 6.33. The number of benzene rings is 1. The van der Waals surface area contributed by atoms with Gasteiger partial charge in [-0.3, -0.25) is 9.36 Å². The van der Waals surface area contributed by atoms with Crippen LogP contribution in [0.3, 0.4) is 0 Å². The van der Waals surface area contributed by atoms with E-state index in [1.807, 2.05) is 6.07 Å². The second-order valence-electron chi connectivity index (χ2n) is 10.8. The molecular formula is C28H35F2N7O2. The van der Waals surface area contributed by atoms with Crippen LogP contribution in [0.25, 0.3) is 11.1 Å². The topological polar surface area (TPSA) is 80.5 Å². The molecule has 208 valence electrons. The van der Waals surface area contributed by atoms with Gasteiger partial charge in [0.1, 0.15) is 0 Å². The lowest BCUT2D eigenvalue weighted by atomic mass is 9.92. The first kappa shape index (κ1) is 25.8. The first-order valence-corrected chi connectivity index (χ1v) is 13.7. The SMILES string of the molecule is CNC(=O)N1CCc2c(c(N3CCCc4cc(-c5cnn(C)c5)c(C(F)F)cc43)nn2C2CCOC(C)C2)C1. The summed E-state index contributed by atoms with van der Waals surface area (Å²) in [5.41, 5.74) is 5.13. The lowest BCUT2D eigenvalue weighted by Gasteiger charge is -2.33. The molecule has 0 bridgehead atoms. The third-order valence-electron chi connectivity index (χ3n) is 8.25. The van der Waals surface area contributed by atoms with E-state index in [0.29, 0.717) is 43.8 Å². The van der Waals surface area contributed by atoms with Gasteiger partial charge in [-0.2, -0.15) is 10.2 Å². The van der Waals surface area contributed by atoms with Crippen molar-refractivity contribution in [2.24, 2.45) is 7.05 Å². The summed E-state index contributed by atoms with van der Waals surface area (Å²) < 4.78 is 38.4. The van der Waals surface area contributed by atoms with Crippen LogP contribution in [0.5, 0.6) is 0 Å². The number of carbonyl (C=O) groups is 1. The second-order valence-corrected chi connectivity index (χ2v) is 10.8. The molecule has 2 atom stereocenters. The number of ether oxygens (including phenoxy) is 1. The van der Waals surface area contributed by atoms with Crippen molar-refractivity contribution in [3.05, 3.63) is 46.9 Å². The van der Waals surface area contributed by atoms with Crippen LogP contribution in [0.15, 0.2) is 24.5 Å². The van der Waals surface area contributed by atoms with Crippen LogP contribution in [-0.2, 0) is 31.2 Å². The number of nitrogens with zero attached hydrogens (tertiary/aromatic N) is 6. The molecule has 1 fully saturated rings. The predicted octanol–water partition coefficient (Wildman–Crippen LogP) is 4.74. The molecule has 2 unspecified atom stereocenters. The molecule has 9 nitrogen and oxygen atoms in total. The summed E-state index contributed by atoms with van der Waals surface area (Å²) in [5.74, 6) is 0.771. The number of fused-ring (bicyclic) bond motifs is 2. The van der Waals surface area contributed by atoms with Crippen LogP contribution in [-0.4, -0.2) is 63.3 Å². The van der Waals surface area contributed by atoms with Gasteiger partial charge in [-0.05, 0) is 55.9 Å². The molecule has 3 aliphatic heterocycles. The fraction of sp³-hybridized carbons (Fsp3) is 0.536. The quantitative estimate of drug-likeness (QED) is 0.518. The lowest BCUT2D eigenvalue weighted by Crippen LogP contribution is -2.42. The zero-order valence-corrected chi connectivity index (χ0v) is 22.7. The van der Waals surface area contributed by atoms with Gasteiger partial charge in [0.05, 0.1) is 24.9 Å². The van der Waals surface area contributed by atoms with Crippen molar-refractivity contribution in [2.75, 3.05) is 31.6 Å². The summed E-state index contributed by atoms with van der Waals surface area (Å²) in [4.78, 5) is 16.5. The molecule has 0 aliphatic carbocycles. The highest BCUT2D eigenvalue weighted by atomic mass is 19.3. The summed E-state index contributed by atoms with van der Waals surface area (Å²) in [7, 11) is 3.42. The Balaban J connectivity index is 1.46. The predicted molar refractivity (Wildman–Crippen MR) is 143 cm³/mol. The zero-order chi connectivity index (χ0) is 27.3. The monoisotopic (exact) mass is 539 g/mol. The van der Waals surface area contributed by atoms with Crippen LogP contribution in [0.4, 0.5) is 25.1 Å². The minimum atomic E-state index is -2.63. The van der Waals surface area contributed by atoms with Crippen LogP contribution in [0.2, 0.25) is 0 Å². The minimum absolute atomic E-state index is 0.00723. The average molecular weight is 540 g/mol. The van der Waals surface area contributed by atoms with Crippen molar-refractivity contribution in [1.29, 1.82) is 0 Å². The van der Waals surface area contributed by atoms with Gasteiger partial charge in [0.15, 0.2) is 5.82 Å². The largest absolute Gasteiger partial charge is 0.378 e. The van der Waals surface area contributed by atoms with E-state index in [9.17, 15) is 13.6 Å². The Morgan fingerprint density at radius 3 is 2.79 bits per heavy atom. The number of urea groups is 1. The maximum atomic E-state index is 14.4. The number of aryl methyl sites for hydroxylation is 2. The molecule has 1 N–H and O–H groups in total. The van der Waals surface area contributed by atoms with E-state index in [4.69, 9.17) is 9.84 Å². The third kappa shape index (κ3) is 4.66. The molecular weight excluding hydrogens is 504 g/mol. The van der Waals surface area contributed by atoms with E-state index < -0.39 is 6.43 Å². The van der Waals surface area contributed by atoms with Crippen molar-refractivity contribution in [2.45, 2.75) is 64.1 Å². The highest BCUT2D eigenvalue weighted by Crippen LogP contribution is 2.43. The van der Waals surface area contributed by atoms with Crippen molar-refractivity contribution in [3.8, 4) is 11.1 Å². The van der Waals surface area contributed by atoms with Crippen molar-refractivity contribution >= 4 is 17.5 Å². The van der Waals surface area contributed by atoms with Gasteiger partial charge < -0.3 is 19.9 Å². The van der Waals surface area contributed by atoms with E-state index in [1.165, 1.54) is 0 Å². The maximum Gasteiger partial charge on any atom is 0.317 e. The number of alkyl halides is 2. The Labute approximate surface area is 226 Å². The Hall–Kier alpha value is -3.47. The summed E-state index contributed by atoms with van der Waals surface area (Å²) in [6.07, 6.45) is 5.04. The van der Waals surface area contributed by atoms with E-state index >= 15 is 0 Å². The van der Waals surface area contributed by atoms with Gasteiger partial charge in [0, 0.05) is 74.5 Å². The smallest absolute Gasteiger partial charge is 0.317 e. The standard InChI is InChI=1S/C28H35F2N7O2/c1-17-11-20(7-10-39-17)37-24-6-9-35(28(38)31-2)16-23(24)27(33-37)36-8-4-5-18-12-21(19-14-32-34(3)15-19)22(26(29)30)13-25(18)36/h12-15,17,20,26H,4-11,16H2,1-3H3,(H,31,38). The molecule has 39 heavy (non-hydrogen) atoms. The van der Waals surface area contributed by atoms with Crippen LogP contribution in [0.1, 0.15) is 61.0 Å². The van der Waals surface area contributed by atoms with Crippen LogP contribution >= 0.6 is 0 Å². The normalized spacial score (nSPS) is 21.2. The van der Waals surface area contributed by atoms with Gasteiger partial charge in [-0.25, -0.2) is 13.6 Å². The van der Waals surface area contributed by atoms with E-state index in [1.54, 1.807) is 42.1 Å². The summed E-state index contributed by atoms with van der Waals surface area (Å²) >= 11 is 0. The molecule has 5 heterocycles. The minimum Gasteiger partial charge on any atom is -0.378 e. The van der Waals surface area contributed by atoms with Crippen LogP contribution < -0.4 is 10.2 Å². The molecule has 0 spiro atoms. The van der Waals surface area contributed by atoms with Gasteiger partial charge >= 0.3 is 6.03 Å². The van der Waals surface area contributed by atoms with Gasteiger partial charge in [0.2, 0.25) is 0 Å². The van der Waals surface area contributed by atoms with Crippen molar-refractivity contribution in [1.82, 2.24) is 29.8 Å². The summed E-state index contributed by atoms with van der Waals surface area (Å²) in [6.45, 7) is 4.49. The Kier molecular flexibility index (Phi) is 6.78. The number of nitrogens with one attached hydrogen (secondary N) is 1. The fourth-order valence-corrected chi connectivity index (χ4v) is 6.33. The number of hydrogen-bond donors (Lipinski definition) is 1. The van der Waals surface area contributed by atoms with Gasteiger partial charge in [0.25, 0.3) is 6.43 Å². The Morgan fingerprint density at radius 2 is 2.08 bits per heavy atom. The lowest BCUT2D eigenvalue weighted by molar-refractivity contribution is 0.00282. The summed E-state index contributed by atoms with van der Waals surface area (Å²) in [6, 6.07) is 3.62. The molecule has 11 heteroatoms. The average Bonchev–Trinajstić information content (AvgIpc) is 3.54. The number of halogens is 2. The Bertz CT molecular complexity index is 1380. The number of hydrogen-bond acceptors (Lipinski definition) is 5. The van der Waals surface area contributed by atoms with E-state index in [-0.39, 0.29) is 23.7 Å². The Morgan fingerprint density at radius 1 is 1.23 bits per heavy atom. The molecule has 3 aliphatic rings. The molecule has 0 radical (unpaired) electrons. The van der Waals surface area contributed by atoms with Crippen molar-refractivity contribution in [3.63, 3.8) is 0 Å². The molecule has 3 aromatic rings. The number of rotatable bonds is 4. The maximum absolute atomic E-state index is 14.4. The first-order valence-electron chi connectivity index (χ1n) is 13.7. The van der Waals surface area contributed by atoms with Crippen LogP contribution in [0, 0.1) is 0 Å². The number of aromatic nitrogens is 4.